The first-order valence-corrected chi connectivity index (χ1v) is 8.00. The van der Waals surface area contributed by atoms with Crippen molar-refractivity contribution in [3.8, 4) is 5.75 Å². The van der Waals surface area contributed by atoms with Gasteiger partial charge < -0.3 is 4.74 Å². The Balaban J connectivity index is 2.56. The van der Waals surface area contributed by atoms with Crippen molar-refractivity contribution in [1.29, 1.82) is 0 Å². The monoisotopic (exact) mass is 330 g/mol. The second-order valence-corrected chi connectivity index (χ2v) is 6.45. The number of hydrogen-bond donors (Lipinski definition) is 1. The molecule has 0 radical (unpaired) electrons. The van der Waals surface area contributed by atoms with Crippen LogP contribution in [0.4, 0.5) is 0 Å². The summed E-state index contributed by atoms with van der Waals surface area (Å²) in [4.78, 5) is 0. The van der Waals surface area contributed by atoms with Gasteiger partial charge in [-0.1, -0.05) is 36.7 Å². The minimum absolute atomic E-state index is 0.479. The number of thiol groups is 1. The summed E-state index contributed by atoms with van der Waals surface area (Å²) in [6.45, 7) is 7.43. The molecule has 1 unspecified atom stereocenters. The summed E-state index contributed by atoms with van der Waals surface area (Å²) in [5.41, 5.74) is 1.27. The Labute approximate surface area is 125 Å². The van der Waals surface area contributed by atoms with E-state index in [1.807, 2.05) is 6.07 Å². The van der Waals surface area contributed by atoms with Crippen molar-refractivity contribution in [2.75, 3.05) is 12.4 Å². The highest BCUT2D eigenvalue weighted by Gasteiger charge is 2.09. The minimum atomic E-state index is 0.479. The van der Waals surface area contributed by atoms with Crippen LogP contribution in [0.2, 0.25) is 0 Å². The fraction of sp³-hybridized carbons (Fsp3) is 0.600. The van der Waals surface area contributed by atoms with Crippen LogP contribution in [0.25, 0.3) is 0 Å². The van der Waals surface area contributed by atoms with E-state index in [1.165, 1.54) is 5.56 Å². The van der Waals surface area contributed by atoms with Gasteiger partial charge in [-0.15, -0.1) is 0 Å². The molecule has 0 aliphatic rings. The highest BCUT2D eigenvalue weighted by molar-refractivity contribution is 9.10. The molecule has 0 fully saturated rings. The molecule has 0 bridgehead atoms. The average Bonchev–Trinajstić information content (AvgIpc) is 2.31. The Morgan fingerprint density at radius 2 is 1.94 bits per heavy atom. The maximum atomic E-state index is 5.92. The number of hydrogen-bond acceptors (Lipinski definition) is 2. The standard InChI is InChI=1S/C15H23BrOS/c1-11(2)14-10-13(16)4-5-15(14)17-8-6-12(3)7-9-18/h4-5,10-12,18H,6-9H2,1-3H3. The smallest absolute Gasteiger partial charge is 0.122 e. The van der Waals surface area contributed by atoms with Crippen molar-refractivity contribution in [3.63, 3.8) is 0 Å². The number of rotatable bonds is 7. The summed E-state index contributed by atoms with van der Waals surface area (Å²) in [5.74, 6) is 3.13. The molecule has 3 heteroatoms. The molecule has 0 heterocycles. The van der Waals surface area contributed by atoms with Crippen LogP contribution in [0.3, 0.4) is 0 Å². The Kier molecular flexibility index (Phi) is 7.16. The summed E-state index contributed by atoms with van der Waals surface area (Å²) < 4.78 is 7.04. The lowest BCUT2D eigenvalue weighted by Gasteiger charge is -2.16. The van der Waals surface area contributed by atoms with E-state index in [0.29, 0.717) is 11.8 Å². The van der Waals surface area contributed by atoms with Crippen molar-refractivity contribution >= 4 is 28.6 Å². The molecule has 0 N–H and O–H groups in total. The van der Waals surface area contributed by atoms with Crippen LogP contribution < -0.4 is 4.74 Å². The molecule has 0 aliphatic heterocycles. The molecule has 1 aromatic carbocycles. The van der Waals surface area contributed by atoms with Gasteiger partial charge in [0.25, 0.3) is 0 Å². The molecule has 1 atom stereocenters. The molecule has 0 spiro atoms. The molecule has 1 rings (SSSR count). The van der Waals surface area contributed by atoms with Crippen LogP contribution in [0.15, 0.2) is 22.7 Å². The van der Waals surface area contributed by atoms with Crippen LogP contribution in [0, 0.1) is 5.92 Å². The minimum Gasteiger partial charge on any atom is -0.493 e. The molecular formula is C15H23BrOS. The number of benzene rings is 1. The van der Waals surface area contributed by atoms with E-state index in [-0.39, 0.29) is 0 Å². The van der Waals surface area contributed by atoms with Gasteiger partial charge in [0.05, 0.1) is 6.61 Å². The summed E-state index contributed by atoms with van der Waals surface area (Å²) >= 11 is 7.77. The SMILES string of the molecule is CC(CCS)CCOc1ccc(Br)cc1C(C)C. The maximum Gasteiger partial charge on any atom is 0.122 e. The zero-order valence-corrected chi connectivity index (χ0v) is 13.9. The summed E-state index contributed by atoms with van der Waals surface area (Å²) in [5, 5.41) is 0. The lowest BCUT2D eigenvalue weighted by atomic mass is 10.0. The van der Waals surface area contributed by atoms with Gasteiger partial charge in [-0.05, 0) is 54.2 Å². The van der Waals surface area contributed by atoms with Crippen molar-refractivity contribution < 1.29 is 4.74 Å². The van der Waals surface area contributed by atoms with E-state index in [1.54, 1.807) is 0 Å². The quantitative estimate of drug-likeness (QED) is 0.667. The molecule has 0 aliphatic carbocycles. The predicted octanol–water partition coefficient (Wildman–Crippen LogP) is 5.30. The van der Waals surface area contributed by atoms with Crippen molar-refractivity contribution in [2.24, 2.45) is 5.92 Å². The third-order valence-corrected chi connectivity index (χ3v) is 3.84. The van der Waals surface area contributed by atoms with Crippen LogP contribution >= 0.6 is 28.6 Å². The van der Waals surface area contributed by atoms with Crippen LogP contribution in [0.5, 0.6) is 5.75 Å². The highest BCUT2D eigenvalue weighted by Crippen LogP contribution is 2.29. The van der Waals surface area contributed by atoms with E-state index in [0.717, 1.165) is 35.4 Å². The van der Waals surface area contributed by atoms with E-state index in [2.05, 4.69) is 61.5 Å². The topological polar surface area (TPSA) is 9.23 Å². The summed E-state index contributed by atoms with van der Waals surface area (Å²) in [6.07, 6.45) is 2.25. The third-order valence-electron chi connectivity index (χ3n) is 3.08. The Hall–Kier alpha value is -0.150. The van der Waals surface area contributed by atoms with Crippen molar-refractivity contribution in [1.82, 2.24) is 0 Å². The van der Waals surface area contributed by atoms with Crippen LogP contribution in [0.1, 0.15) is 45.1 Å². The van der Waals surface area contributed by atoms with Crippen LogP contribution in [-0.2, 0) is 0 Å². The number of halogens is 1. The van der Waals surface area contributed by atoms with Gasteiger partial charge >= 0.3 is 0 Å². The van der Waals surface area contributed by atoms with Crippen molar-refractivity contribution in [2.45, 2.75) is 39.5 Å². The lowest BCUT2D eigenvalue weighted by Crippen LogP contribution is -2.06. The molecule has 18 heavy (non-hydrogen) atoms. The fourth-order valence-corrected chi connectivity index (χ4v) is 2.66. The fourth-order valence-electron chi connectivity index (χ4n) is 1.84. The molecule has 0 saturated carbocycles. The van der Waals surface area contributed by atoms with Gasteiger partial charge in [0.15, 0.2) is 0 Å². The third kappa shape index (κ3) is 5.23. The zero-order valence-electron chi connectivity index (χ0n) is 11.4. The van der Waals surface area contributed by atoms with Gasteiger partial charge in [-0.2, -0.15) is 12.6 Å². The predicted molar refractivity (Wildman–Crippen MR) is 86.0 cm³/mol. The lowest BCUT2D eigenvalue weighted by molar-refractivity contribution is 0.279. The first-order chi connectivity index (χ1) is 8.54. The molecule has 0 amide bonds. The normalized spacial score (nSPS) is 12.8. The van der Waals surface area contributed by atoms with E-state index in [4.69, 9.17) is 4.74 Å². The zero-order chi connectivity index (χ0) is 13.5. The van der Waals surface area contributed by atoms with E-state index >= 15 is 0 Å². The largest absolute Gasteiger partial charge is 0.493 e. The maximum absolute atomic E-state index is 5.92. The van der Waals surface area contributed by atoms with Crippen LogP contribution in [-0.4, -0.2) is 12.4 Å². The molecular weight excluding hydrogens is 308 g/mol. The molecule has 102 valence electrons. The molecule has 0 saturated heterocycles. The second kappa shape index (κ2) is 8.11. The Bertz CT molecular complexity index is 366. The van der Waals surface area contributed by atoms with Gasteiger partial charge in [0, 0.05) is 4.47 Å². The van der Waals surface area contributed by atoms with Gasteiger partial charge in [-0.3, -0.25) is 0 Å². The first-order valence-electron chi connectivity index (χ1n) is 6.57. The van der Waals surface area contributed by atoms with Crippen molar-refractivity contribution in [3.05, 3.63) is 28.2 Å². The Morgan fingerprint density at radius 3 is 2.56 bits per heavy atom. The molecule has 1 nitrogen and oxygen atoms in total. The number of ether oxygens (including phenoxy) is 1. The molecule has 1 aromatic rings. The second-order valence-electron chi connectivity index (χ2n) is 5.09. The van der Waals surface area contributed by atoms with Gasteiger partial charge in [0.1, 0.15) is 5.75 Å². The summed E-state index contributed by atoms with van der Waals surface area (Å²) in [7, 11) is 0. The average molecular weight is 331 g/mol. The molecule has 0 aromatic heterocycles. The van der Waals surface area contributed by atoms with E-state index < -0.39 is 0 Å². The first kappa shape index (κ1) is 15.9. The Morgan fingerprint density at radius 1 is 1.22 bits per heavy atom. The van der Waals surface area contributed by atoms with E-state index in [9.17, 15) is 0 Å². The van der Waals surface area contributed by atoms with Gasteiger partial charge in [0.2, 0.25) is 0 Å². The summed E-state index contributed by atoms with van der Waals surface area (Å²) in [6, 6.07) is 6.25. The highest BCUT2D eigenvalue weighted by atomic mass is 79.9. The van der Waals surface area contributed by atoms with Gasteiger partial charge in [-0.25, -0.2) is 0 Å².